The molecule has 31 nitrogen and oxygen atoms in total. The van der Waals surface area contributed by atoms with Gasteiger partial charge in [0.05, 0.1) is 56.6 Å². The fourth-order valence-electron chi connectivity index (χ4n) is 18.6. The van der Waals surface area contributed by atoms with Crippen LogP contribution in [0.2, 0.25) is 0 Å². The number of fused-ring (bicyclic) bond motifs is 4. The van der Waals surface area contributed by atoms with Gasteiger partial charge in [0.15, 0.2) is 37.7 Å². The van der Waals surface area contributed by atoms with E-state index in [1.165, 1.54) is 19.6 Å². The Balaban J connectivity index is 0.826. The number of ketones is 1. The molecule has 7 aliphatic heterocycles. The van der Waals surface area contributed by atoms with Gasteiger partial charge in [-0.05, 0) is 92.8 Å². The molecule has 3 saturated carbocycles. The molecule has 0 aromatic carbocycles. The molecule has 0 bridgehead atoms. The van der Waals surface area contributed by atoms with Crippen molar-refractivity contribution in [1.29, 1.82) is 0 Å². The number of hydrogen-bond donors (Lipinski definition) is 15. The normalized spacial score (nSPS) is 52.7. The molecule has 0 aromatic rings. The molecule has 7 heterocycles. The lowest BCUT2D eigenvalue weighted by Crippen LogP contribution is -2.67. The summed E-state index contributed by atoms with van der Waals surface area (Å²) in [6, 6.07) is 0. The number of cyclic esters (lactones) is 1. The maximum absolute atomic E-state index is 14.6. The standard InChI is InChI=1S/C65H104O31/c1-25(2)11-10-16-64(8)53-29(69)19-63(7)28-12-13-35-61(4,5)36(15-17-62(35,6)27(28)14-18-65(53,63)60(82)96-64)91-59-52(40(74)34(24-85-59)90-57-47(81)51(39(73)33(22-68)88-57)94-56-43(77)41(75)37(71)31(20-66)87-56)95-55-44(78)42(76)48(26(3)86-55)92-54-45(79)49(30(70)23-84-54)93-58-46(80)50(83-9)38(72)32(21-67)89-58/h14,25-26,28,30-59,66-68,70-81H,10-13,15-24H2,1-9H3. The highest BCUT2D eigenvalue weighted by atomic mass is 16.8. The Bertz CT molecular complexity index is 2710. The zero-order valence-electron chi connectivity index (χ0n) is 55.8. The minimum absolute atomic E-state index is 0.0495. The molecule has 550 valence electrons. The van der Waals surface area contributed by atoms with Crippen molar-refractivity contribution < 1.29 is 153 Å². The predicted molar refractivity (Wildman–Crippen MR) is 320 cm³/mol. The van der Waals surface area contributed by atoms with Gasteiger partial charge in [-0.25, -0.2) is 0 Å². The van der Waals surface area contributed by atoms with E-state index < -0.39 is 244 Å². The van der Waals surface area contributed by atoms with Gasteiger partial charge in [-0.2, -0.15) is 0 Å². The maximum Gasteiger partial charge on any atom is 0.314 e. The summed E-state index contributed by atoms with van der Waals surface area (Å²) < 4.78 is 84.2. The largest absolute Gasteiger partial charge is 0.458 e. The molecular formula is C65H104O31. The van der Waals surface area contributed by atoms with E-state index in [0.29, 0.717) is 44.4 Å². The van der Waals surface area contributed by atoms with Crippen molar-refractivity contribution in [2.75, 3.05) is 40.1 Å². The number of esters is 1. The van der Waals surface area contributed by atoms with E-state index in [9.17, 15) is 86.2 Å². The third-order valence-electron chi connectivity index (χ3n) is 23.9. The molecule has 0 aromatic heterocycles. The van der Waals surface area contributed by atoms with E-state index in [1.54, 1.807) is 0 Å². The Morgan fingerprint density at radius 1 is 0.562 bits per heavy atom. The zero-order chi connectivity index (χ0) is 69.8. The molecule has 36 atom stereocenters. The van der Waals surface area contributed by atoms with Crippen LogP contribution in [0.1, 0.15) is 113 Å². The molecule has 10 fully saturated rings. The molecule has 0 radical (unpaired) electrons. The lowest BCUT2D eigenvalue weighted by atomic mass is 9.41. The number of aliphatic hydroxyl groups excluding tert-OH is 15. The number of allylic oxidation sites excluding steroid dienone is 2. The number of ether oxygens (including phenoxy) is 14. The predicted octanol–water partition coefficient (Wildman–Crippen LogP) is -3.84. The number of carbonyl (C=O) groups is 2. The van der Waals surface area contributed by atoms with Crippen LogP contribution >= 0.6 is 0 Å². The second-order valence-electron chi connectivity index (χ2n) is 30.4. The molecule has 11 aliphatic rings. The van der Waals surface area contributed by atoms with Crippen LogP contribution in [0.15, 0.2) is 11.6 Å². The van der Waals surface area contributed by atoms with Crippen molar-refractivity contribution in [3.8, 4) is 0 Å². The number of rotatable bonds is 20. The molecule has 7 saturated heterocycles. The molecule has 4 aliphatic carbocycles. The van der Waals surface area contributed by atoms with Crippen molar-refractivity contribution >= 4 is 11.8 Å². The number of hydrogen-bond acceptors (Lipinski definition) is 31. The van der Waals surface area contributed by atoms with Gasteiger partial charge in [-0.3, -0.25) is 9.59 Å². The van der Waals surface area contributed by atoms with Gasteiger partial charge in [-0.1, -0.05) is 59.6 Å². The SMILES string of the molecule is COC1C(O)C(CO)OC(OC2C(O)COC(OC3C(C)OC(OC4C(OC5CCC6(C)C7=CCC89C(=O)OC(C)(CCCC(C)C)C8C(=O)CC9(C)C7CCC6C5(C)C)OCC(OC5OC(CO)C(O)C(OC6OC(CO)C(O)C(O)C6O)C5O)C4O)C(O)C3O)C2O)C1O. The minimum atomic E-state index is -2.03. The average molecular weight is 1380 g/mol. The summed E-state index contributed by atoms with van der Waals surface area (Å²) in [7, 11) is 1.20. The van der Waals surface area contributed by atoms with E-state index in [2.05, 4.69) is 47.6 Å². The van der Waals surface area contributed by atoms with Gasteiger partial charge in [0, 0.05) is 13.5 Å². The van der Waals surface area contributed by atoms with E-state index in [0.717, 1.165) is 12.8 Å². The van der Waals surface area contributed by atoms with Crippen LogP contribution in [0.25, 0.3) is 0 Å². The van der Waals surface area contributed by atoms with Crippen LogP contribution in [-0.4, -0.2) is 312 Å². The highest BCUT2D eigenvalue weighted by Crippen LogP contribution is 2.75. The molecule has 15 N–H and O–H groups in total. The van der Waals surface area contributed by atoms with Crippen LogP contribution in [-0.2, 0) is 75.9 Å². The first kappa shape index (κ1) is 74.9. The quantitative estimate of drug-likeness (QED) is 0.0315. The lowest BCUT2D eigenvalue weighted by Gasteiger charge is -2.63. The Morgan fingerprint density at radius 3 is 1.76 bits per heavy atom. The van der Waals surface area contributed by atoms with Gasteiger partial charge in [0.1, 0.15) is 140 Å². The fourth-order valence-corrected chi connectivity index (χ4v) is 18.6. The van der Waals surface area contributed by atoms with Crippen molar-refractivity contribution in [3.05, 3.63) is 11.6 Å². The first-order valence-corrected chi connectivity index (χ1v) is 34.0. The van der Waals surface area contributed by atoms with Crippen LogP contribution in [0.5, 0.6) is 0 Å². The Labute approximate surface area is 556 Å². The fraction of sp³-hybridized carbons (Fsp3) is 0.938. The van der Waals surface area contributed by atoms with Crippen LogP contribution in [0.4, 0.5) is 0 Å². The lowest BCUT2D eigenvalue weighted by molar-refractivity contribution is -0.394. The highest BCUT2D eigenvalue weighted by molar-refractivity contribution is 5.99. The van der Waals surface area contributed by atoms with Gasteiger partial charge in [0.25, 0.3) is 0 Å². The van der Waals surface area contributed by atoms with Crippen molar-refractivity contribution in [3.63, 3.8) is 0 Å². The van der Waals surface area contributed by atoms with Crippen LogP contribution in [0, 0.1) is 45.3 Å². The Hall–Kier alpha value is -2.24. The van der Waals surface area contributed by atoms with Crippen LogP contribution < -0.4 is 0 Å². The smallest absolute Gasteiger partial charge is 0.314 e. The molecule has 96 heavy (non-hydrogen) atoms. The Morgan fingerprint density at radius 2 is 1.11 bits per heavy atom. The number of Topliss-reactive ketones (excluding diaryl/α,β-unsaturated/α-hetero) is 1. The van der Waals surface area contributed by atoms with E-state index in [1.807, 2.05) is 6.92 Å². The Kier molecular flexibility index (Phi) is 22.5. The third-order valence-corrected chi connectivity index (χ3v) is 23.9. The zero-order valence-corrected chi connectivity index (χ0v) is 55.8. The minimum Gasteiger partial charge on any atom is -0.458 e. The summed E-state index contributed by atoms with van der Waals surface area (Å²) in [6.45, 7) is 12.7. The number of aliphatic hydroxyl groups is 15. The van der Waals surface area contributed by atoms with Crippen molar-refractivity contribution in [1.82, 2.24) is 0 Å². The van der Waals surface area contributed by atoms with Crippen LogP contribution in [0.3, 0.4) is 0 Å². The van der Waals surface area contributed by atoms with Gasteiger partial charge >= 0.3 is 5.97 Å². The topological polar surface area (TPSA) is 467 Å². The molecule has 11 rings (SSSR count). The molecule has 1 spiro atoms. The molecule has 36 unspecified atom stereocenters. The van der Waals surface area contributed by atoms with Gasteiger partial charge in [0.2, 0.25) is 0 Å². The molecule has 31 heteroatoms. The van der Waals surface area contributed by atoms with Crippen molar-refractivity contribution in [2.45, 2.75) is 297 Å². The summed E-state index contributed by atoms with van der Waals surface area (Å²) >= 11 is 0. The summed E-state index contributed by atoms with van der Waals surface area (Å²) in [5.41, 5.74) is -2.49. The number of methoxy groups -OCH3 is 1. The van der Waals surface area contributed by atoms with E-state index in [4.69, 9.17) is 66.3 Å². The first-order chi connectivity index (χ1) is 45.3. The molecule has 0 amide bonds. The third kappa shape index (κ3) is 12.8. The summed E-state index contributed by atoms with van der Waals surface area (Å²) in [5, 5.41) is 166. The van der Waals surface area contributed by atoms with E-state index in [-0.39, 0.29) is 30.0 Å². The highest BCUT2D eigenvalue weighted by Gasteiger charge is 2.79. The van der Waals surface area contributed by atoms with Crippen molar-refractivity contribution in [2.24, 2.45) is 45.3 Å². The molecular weight excluding hydrogens is 1280 g/mol. The van der Waals surface area contributed by atoms with Gasteiger partial charge < -0.3 is 143 Å². The second kappa shape index (κ2) is 28.8. The van der Waals surface area contributed by atoms with Gasteiger partial charge in [-0.15, -0.1) is 0 Å². The van der Waals surface area contributed by atoms with E-state index >= 15 is 0 Å². The monoisotopic (exact) mass is 1380 g/mol. The summed E-state index contributed by atoms with van der Waals surface area (Å²) in [4.78, 5) is 29.1. The first-order valence-electron chi connectivity index (χ1n) is 34.0. The number of carbonyl (C=O) groups excluding carboxylic acids is 2. The summed E-state index contributed by atoms with van der Waals surface area (Å²) in [6.07, 6.45) is -40.6. The summed E-state index contributed by atoms with van der Waals surface area (Å²) in [5.74, 6) is -0.462. The maximum atomic E-state index is 14.6. The second-order valence-corrected chi connectivity index (χ2v) is 30.4. The average Bonchev–Trinajstić information content (AvgIpc) is 1.47.